The first-order valence-electron chi connectivity index (χ1n) is 6.82. The minimum absolute atomic E-state index is 0.202. The average molecular weight is 293 g/mol. The molecule has 0 spiro atoms. The molecule has 1 aromatic carbocycles. The van der Waals surface area contributed by atoms with E-state index in [-0.39, 0.29) is 5.91 Å². The summed E-state index contributed by atoms with van der Waals surface area (Å²) in [6, 6.07) is 13.2. The van der Waals surface area contributed by atoms with Crippen molar-refractivity contribution < 1.29 is 9.63 Å². The maximum absolute atomic E-state index is 12.1. The molecule has 0 fully saturated rings. The summed E-state index contributed by atoms with van der Waals surface area (Å²) in [5.74, 6) is -0.202. The van der Waals surface area contributed by atoms with E-state index < -0.39 is 0 Å². The van der Waals surface area contributed by atoms with Gasteiger partial charge < -0.3 is 0 Å². The number of aromatic nitrogens is 2. The second-order valence-corrected chi connectivity index (χ2v) is 4.83. The molecule has 110 valence electrons. The van der Waals surface area contributed by atoms with E-state index in [1.165, 1.54) is 12.2 Å². The van der Waals surface area contributed by atoms with Crippen LogP contribution >= 0.6 is 0 Å². The van der Waals surface area contributed by atoms with E-state index in [0.29, 0.717) is 5.56 Å². The summed E-state index contributed by atoms with van der Waals surface area (Å²) in [7, 11) is 3.04. The van der Waals surface area contributed by atoms with Crippen molar-refractivity contribution in [2.45, 2.75) is 0 Å². The third-order valence-electron chi connectivity index (χ3n) is 3.46. The Bertz CT molecular complexity index is 833. The molecule has 0 aliphatic heterocycles. The molecule has 0 N–H and O–H groups in total. The van der Waals surface area contributed by atoms with Crippen LogP contribution in [0.25, 0.3) is 22.2 Å². The normalized spacial score (nSPS) is 10.6. The standard InChI is InChI=1S/C17H15N3O2/c1-20(22-2)17(21)14-5-3-4-13(10-14)15-7-6-12-8-9-18-11-16(12)19-15/h3-11H,1-2H3. The van der Waals surface area contributed by atoms with Crippen molar-refractivity contribution >= 4 is 16.8 Å². The van der Waals surface area contributed by atoms with Crippen molar-refractivity contribution in [2.75, 3.05) is 14.2 Å². The number of carbonyl (C=O) groups is 1. The molecule has 0 aliphatic carbocycles. The van der Waals surface area contributed by atoms with Crippen molar-refractivity contribution in [3.63, 3.8) is 0 Å². The summed E-state index contributed by atoms with van der Waals surface area (Å²) in [6.45, 7) is 0. The first-order chi connectivity index (χ1) is 10.7. The van der Waals surface area contributed by atoms with Crippen molar-refractivity contribution in [1.29, 1.82) is 0 Å². The zero-order valence-electron chi connectivity index (χ0n) is 12.4. The lowest BCUT2D eigenvalue weighted by Crippen LogP contribution is -2.25. The van der Waals surface area contributed by atoms with Crippen LogP contribution in [0.5, 0.6) is 0 Å². The van der Waals surface area contributed by atoms with Crippen LogP contribution in [0.15, 0.2) is 54.9 Å². The summed E-state index contributed by atoms with van der Waals surface area (Å²) in [5, 5.41) is 2.22. The maximum atomic E-state index is 12.1. The van der Waals surface area contributed by atoms with Crippen LogP contribution in [0, 0.1) is 0 Å². The molecule has 0 radical (unpaired) electrons. The predicted molar refractivity (Wildman–Crippen MR) is 84.1 cm³/mol. The van der Waals surface area contributed by atoms with Gasteiger partial charge in [0.2, 0.25) is 0 Å². The van der Waals surface area contributed by atoms with E-state index in [9.17, 15) is 4.79 Å². The number of pyridine rings is 2. The van der Waals surface area contributed by atoms with Gasteiger partial charge in [-0.05, 0) is 24.3 Å². The number of hydrogen-bond acceptors (Lipinski definition) is 4. The molecule has 0 atom stereocenters. The Kier molecular flexibility index (Phi) is 3.80. The Morgan fingerprint density at radius 3 is 2.86 bits per heavy atom. The SMILES string of the molecule is CON(C)C(=O)c1cccc(-c2ccc3ccncc3n2)c1. The highest BCUT2D eigenvalue weighted by atomic mass is 16.7. The van der Waals surface area contributed by atoms with Crippen LogP contribution in [0.1, 0.15) is 10.4 Å². The van der Waals surface area contributed by atoms with Gasteiger partial charge in [-0.25, -0.2) is 10.0 Å². The molecule has 0 saturated heterocycles. The average Bonchev–Trinajstić information content (AvgIpc) is 2.60. The third-order valence-corrected chi connectivity index (χ3v) is 3.46. The summed E-state index contributed by atoms with van der Waals surface area (Å²) >= 11 is 0. The molecule has 22 heavy (non-hydrogen) atoms. The number of rotatable bonds is 3. The van der Waals surface area contributed by atoms with Gasteiger partial charge in [-0.15, -0.1) is 0 Å². The molecule has 5 heteroatoms. The minimum Gasteiger partial charge on any atom is -0.274 e. The lowest BCUT2D eigenvalue weighted by molar-refractivity contribution is -0.0756. The Hall–Kier alpha value is -2.79. The van der Waals surface area contributed by atoms with Gasteiger partial charge >= 0.3 is 0 Å². The second kappa shape index (κ2) is 5.91. The molecule has 2 heterocycles. The quantitative estimate of drug-likeness (QED) is 0.697. The molecule has 1 amide bonds. The van der Waals surface area contributed by atoms with Crippen molar-refractivity contribution in [3.8, 4) is 11.3 Å². The van der Waals surface area contributed by atoms with Crippen LogP contribution in [-0.2, 0) is 4.84 Å². The lowest BCUT2D eigenvalue weighted by Gasteiger charge is -2.14. The molecule has 0 bridgehead atoms. The van der Waals surface area contributed by atoms with Gasteiger partial charge in [-0.1, -0.05) is 18.2 Å². The molecule has 5 nitrogen and oxygen atoms in total. The topological polar surface area (TPSA) is 55.3 Å². The van der Waals surface area contributed by atoms with Gasteiger partial charge in [0.25, 0.3) is 5.91 Å². The van der Waals surface area contributed by atoms with E-state index in [1.54, 1.807) is 25.5 Å². The van der Waals surface area contributed by atoms with Gasteiger partial charge in [-0.3, -0.25) is 14.6 Å². The van der Waals surface area contributed by atoms with E-state index >= 15 is 0 Å². The number of carbonyl (C=O) groups excluding carboxylic acids is 1. The highest BCUT2D eigenvalue weighted by Crippen LogP contribution is 2.22. The van der Waals surface area contributed by atoms with Crippen LogP contribution in [-0.4, -0.2) is 35.1 Å². The van der Waals surface area contributed by atoms with Gasteiger partial charge in [0.1, 0.15) is 0 Å². The number of hydrogen-bond donors (Lipinski definition) is 0. The zero-order chi connectivity index (χ0) is 15.5. The Labute approximate surface area is 128 Å². The highest BCUT2D eigenvalue weighted by molar-refractivity contribution is 5.94. The molecular weight excluding hydrogens is 278 g/mol. The fourth-order valence-electron chi connectivity index (χ4n) is 2.20. The summed E-state index contributed by atoms with van der Waals surface area (Å²) in [4.78, 5) is 25.8. The van der Waals surface area contributed by atoms with Crippen LogP contribution in [0.3, 0.4) is 0 Å². The number of benzene rings is 1. The van der Waals surface area contributed by atoms with Gasteiger partial charge in [0.05, 0.1) is 24.5 Å². The highest BCUT2D eigenvalue weighted by Gasteiger charge is 2.12. The number of amides is 1. The van der Waals surface area contributed by atoms with Gasteiger partial charge in [0.15, 0.2) is 0 Å². The monoisotopic (exact) mass is 293 g/mol. The molecular formula is C17H15N3O2. The van der Waals surface area contributed by atoms with E-state index in [4.69, 9.17) is 4.84 Å². The Morgan fingerprint density at radius 2 is 2.05 bits per heavy atom. The summed E-state index contributed by atoms with van der Waals surface area (Å²) in [5.41, 5.74) is 3.05. The smallest absolute Gasteiger partial charge is 0.274 e. The third kappa shape index (κ3) is 2.66. The van der Waals surface area contributed by atoms with E-state index in [0.717, 1.165) is 22.2 Å². The second-order valence-electron chi connectivity index (χ2n) is 4.83. The lowest BCUT2D eigenvalue weighted by atomic mass is 10.1. The predicted octanol–water partition coefficient (Wildman–Crippen LogP) is 2.93. The van der Waals surface area contributed by atoms with Crippen molar-refractivity contribution in [2.24, 2.45) is 0 Å². The van der Waals surface area contributed by atoms with Crippen LogP contribution < -0.4 is 0 Å². The number of nitrogens with zero attached hydrogens (tertiary/aromatic N) is 3. The van der Waals surface area contributed by atoms with Crippen molar-refractivity contribution in [1.82, 2.24) is 15.0 Å². The maximum Gasteiger partial charge on any atom is 0.277 e. The number of hydroxylamine groups is 2. The fraction of sp³-hybridized carbons (Fsp3) is 0.118. The summed E-state index contributed by atoms with van der Waals surface area (Å²) < 4.78 is 0. The first-order valence-corrected chi connectivity index (χ1v) is 6.82. The Balaban J connectivity index is 2.01. The molecule has 0 aliphatic rings. The van der Waals surface area contributed by atoms with E-state index in [1.807, 2.05) is 36.4 Å². The molecule has 3 rings (SSSR count). The molecule has 3 aromatic rings. The zero-order valence-corrected chi connectivity index (χ0v) is 12.4. The largest absolute Gasteiger partial charge is 0.277 e. The van der Waals surface area contributed by atoms with Crippen LogP contribution in [0.2, 0.25) is 0 Å². The van der Waals surface area contributed by atoms with Crippen molar-refractivity contribution in [3.05, 3.63) is 60.4 Å². The molecule has 0 saturated carbocycles. The molecule has 0 unspecified atom stereocenters. The van der Waals surface area contributed by atoms with E-state index in [2.05, 4.69) is 9.97 Å². The first kappa shape index (κ1) is 14.2. The minimum atomic E-state index is -0.202. The fourth-order valence-corrected chi connectivity index (χ4v) is 2.20. The van der Waals surface area contributed by atoms with Crippen LogP contribution in [0.4, 0.5) is 0 Å². The number of fused-ring (bicyclic) bond motifs is 1. The molecule has 2 aromatic heterocycles. The Morgan fingerprint density at radius 1 is 1.18 bits per heavy atom. The summed E-state index contributed by atoms with van der Waals surface area (Å²) in [6.07, 6.45) is 3.47. The van der Waals surface area contributed by atoms with Gasteiger partial charge in [0, 0.05) is 29.8 Å². The van der Waals surface area contributed by atoms with Gasteiger partial charge in [-0.2, -0.15) is 0 Å².